The maximum atomic E-state index is 6.53. The van der Waals surface area contributed by atoms with Gasteiger partial charge in [0.15, 0.2) is 0 Å². The lowest BCUT2D eigenvalue weighted by Gasteiger charge is -2.37. The van der Waals surface area contributed by atoms with Gasteiger partial charge in [-0.1, -0.05) is 31.5 Å². The first-order chi connectivity index (χ1) is 9.76. The molecule has 0 saturated carbocycles. The number of rotatable bonds is 3. The molecule has 1 fully saturated rings. The van der Waals surface area contributed by atoms with Crippen LogP contribution in [0, 0.1) is 11.8 Å². The minimum absolute atomic E-state index is 0.129. The third-order valence-electron chi connectivity index (χ3n) is 4.51. The van der Waals surface area contributed by atoms with Crippen LogP contribution >= 0.6 is 11.6 Å². The molecule has 2 nitrogen and oxygen atoms in total. The van der Waals surface area contributed by atoms with Crippen molar-refractivity contribution >= 4 is 17.3 Å². The van der Waals surface area contributed by atoms with E-state index in [1.807, 2.05) is 0 Å². The molecule has 21 heavy (non-hydrogen) atoms. The smallest absolute Gasteiger partial charge is 0.0642 e. The lowest BCUT2D eigenvalue weighted by molar-refractivity contribution is 0.324. The van der Waals surface area contributed by atoms with E-state index in [-0.39, 0.29) is 5.54 Å². The van der Waals surface area contributed by atoms with E-state index in [4.69, 9.17) is 11.6 Å². The van der Waals surface area contributed by atoms with Gasteiger partial charge in [0.25, 0.3) is 0 Å². The topological polar surface area (TPSA) is 15.3 Å². The molecule has 3 heteroatoms. The molecule has 0 amide bonds. The largest absolute Gasteiger partial charge is 0.370 e. The van der Waals surface area contributed by atoms with Gasteiger partial charge in [-0.3, -0.25) is 0 Å². The van der Waals surface area contributed by atoms with Crippen LogP contribution in [0.15, 0.2) is 18.2 Å². The fourth-order valence-electron chi connectivity index (χ4n) is 2.77. The maximum Gasteiger partial charge on any atom is 0.0642 e. The van der Waals surface area contributed by atoms with Crippen LogP contribution in [0.4, 0.5) is 5.69 Å². The van der Waals surface area contributed by atoms with Crippen LogP contribution in [0.5, 0.6) is 0 Å². The van der Waals surface area contributed by atoms with Crippen molar-refractivity contribution in [2.24, 2.45) is 11.8 Å². The van der Waals surface area contributed by atoms with E-state index in [1.165, 1.54) is 17.7 Å². The van der Waals surface area contributed by atoms with E-state index in [9.17, 15) is 0 Å². The molecular weight excluding hydrogens is 280 g/mol. The van der Waals surface area contributed by atoms with E-state index in [2.05, 4.69) is 63.0 Å². The zero-order chi connectivity index (χ0) is 15.6. The van der Waals surface area contributed by atoms with Crippen molar-refractivity contribution in [3.05, 3.63) is 28.8 Å². The van der Waals surface area contributed by atoms with Crippen LogP contribution < -0.4 is 10.2 Å². The summed E-state index contributed by atoms with van der Waals surface area (Å²) < 4.78 is 0. The van der Waals surface area contributed by atoms with E-state index >= 15 is 0 Å². The molecule has 1 aliphatic heterocycles. The molecular formula is C18H29ClN2. The Morgan fingerprint density at radius 2 is 1.95 bits per heavy atom. The summed E-state index contributed by atoms with van der Waals surface area (Å²) >= 11 is 6.53. The van der Waals surface area contributed by atoms with Crippen molar-refractivity contribution in [3.63, 3.8) is 0 Å². The first kappa shape index (κ1) is 16.6. The van der Waals surface area contributed by atoms with Crippen LogP contribution in [-0.4, -0.2) is 18.6 Å². The molecule has 0 spiro atoms. The van der Waals surface area contributed by atoms with Crippen LogP contribution in [0.25, 0.3) is 0 Å². The summed E-state index contributed by atoms with van der Waals surface area (Å²) in [5.74, 6) is 1.55. The van der Waals surface area contributed by atoms with Crippen LogP contribution in [-0.2, 0) is 6.54 Å². The first-order valence-electron chi connectivity index (χ1n) is 8.04. The highest BCUT2D eigenvalue weighted by atomic mass is 35.5. The average Bonchev–Trinajstić information content (AvgIpc) is 2.39. The molecule has 0 aliphatic carbocycles. The average molecular weight is 309 g/mol. The Bertz CT molecular complexity index is 479. The number of halogens is 1. The lowest BCUT2D eigenvalue weighted by atomic mass is 9.88. The number of nitrogens with one attached hydrogen (secondary N) is 1. The summed E-state index contributed by atoms with van der Waals surface area (Å²) in [5, 5.41) is 4.38. The molecule has 0 bridgehead atoms. The van der Waals surface area contributed by atoms with E-state index < -0.39 is 0 Å². The van der Waals surface area contributed by atoms with Gasteiger partial charge in [-0.2, -0.15) is 0 Å². The van der Waals surface area contributed by atoms with Gasteiger partial charge in [-0.05, 0) is 56.7 Å². The predicted octanol–water partition coefficient (Wildman–Crippen LogP) is 4.71. The molecule has 1 N–H and O–H groups in total. The van der Waals surface area contributed by atoms with Gasteiger partial charge in [0.2, 0.25) is 0 Å². The van der Waals surface area contributed by atoms with Gasteiger partial charge in [0, 0.05) is 25.2 Å². The van der Waals surface area contributed by atoms with Crippen LogP contribution in [0.1, 0.15) is 46.6 Å². The number of piperidine rings is 1. The van der Waals surface area contributed by atoms with E-state index in [1.54, 1.807) is 0 Å². The van der Waals surface area contributed by atoms with Crippen molar-refractivity contribution in [1.82, 2.24) is 5.32 Å². The molecule has 2 atom stereocenters. The van der Waals surface area contributed by atoms with Gasteiger partial charge in [-0.25, -0.2) is 0 Å². The molecule has 1 saturated heterocycles. The number of hydrogen-bond acceptors (Lipinski definition) is 2. The Kier molecular flexibility index (Phi) is 5.21. The standard InChI is InChI=1S/C18H29ClN2/c1-13-8-9-21(12-14(13)2)17-7-6-15(10-16(17)19)11-20-18(3,4)5/h6-7,10,13-14,20H,8-9,11-12H2,1-5H3. The monoisotopic (exact) mass is 308 g/mol. The fraction of sp³-hybridized carbons (Fsp3) is 0.667. The van der Waals surface area contributed by atoms with Crippen molar-refractivity contribution in [2.75, 3.05) is 18.0 Å². The molecule has 1 aromatic rings. The Labute approximate surface area is 134 Å². The third-order valence-corrected chi connectivity index (χ3v) is 4.81. The minimum Gasteiger partial charge on any atom is -0.370 e. The van der Waals surface area contributed by atoms with Gasteiger partial charge < -0.3 is 10.2 Å². The molecule has 2 unspecified atom stereocenters. The zero-order valence-corrected chi connectivity index (χ0v) is 14.8. The quantitative estimate of drug-likeness (QED) is 0.870. The molecule has 1 aromatic carbocycles. The van der Waals surface area contributed by atoms with E-state index in [0.29, 0.717) is 0 Å². The molecule has 118 valence electrons. The Morgan fingerprint density at radius 1 is 1.24 bits per heavy atom. The molecule has 0 radical (unpaired) electrons. The van der Waals surface area contributed by atoms with Crippen molar-refractivity contribution in [2.45, 2.75) is 53.1 Å². The van der Waals surface area contributed by atoms with Gasteiger partial charge in [0.1, 0.15) is 0 Å². The normalized spacial score (nSPS) is 23.4. The molecule has 1 aliphatic rings. The number of hydrogen-bond donors (Lipinski definition) is 1. The zero-order valence-electron chi connectivity index (χ0n) is 14.0. The Hall–Kier alpha value is -0.730. The summed E-state index contributed by atoms with van der Waals surface area (Å²) in [7, 11) is 0. The summed E-state index contributed by atoms with van der Waals surface area (Å²) in [4.78, 5) is 2.44. The fourth-order valence-corrected chi connectivity index (χ4v) is 3.09. The molecule has 1 heterocycles. The highest BCUT2D eigenvalue weighted by molar-refractivity contribution is 6.33. The second kappa shape index (κ2) is 6.58. The molecule has 2 rings (SSSR count). The summed E-state index contributed by atoms with van der Waals surface area (Å²) in [6.07, 6.45) is 1.25. The van der Waals surface area contributed by atoms with Crippen molar-refractivity contribution < 1.29 is 0 Å². The third kappa shape index (κ3) is 4.62. The molecule has 0 aromatic heterocycles. The summed E-state index contributed by atoms with van der Waals surface area (Å²) in [5.41, 5.74) is 2.57. The number of anilines is 1. The van der Waals surface area contributed by atoms with Gasteiger partial charge in [0.05, 0.1) is 10.7 Å². The highest BCUT2D eigenvalue weighted by Crippen LogP contribution is 2.32. The minimum atomic E-state index is 0.129. The Morgan fingerprint density at radius 3 is 2.52 bits per heavy atom. The number of benzene rings is 1. The lowest BCUT2D eigenvalue weighted by Crippen LogP contribution is -2.38. The van der Waals surface area contributed by atoms with Crippen LogP contribution in [0.2, 0.25) is 5.02 Å². The highest BCUT2D eigenvalue weighted by Gasteiger charge is 2.24. The van der Waals surface area contributed by atoms with Crippen molar-refractivity contribution in [1.29, 1.82) is 0 Å². The van der Waals surface area contributed by atoms with Gasteiger partial charge in [-0.15, -0.1) is 0 Å². The van der Waals surface area contributed by atoms with Crippen molar-refractivity contribution in [3.8, 4) is 0 Å². The summed E-state index contributed by atoms with van der Waals surface area (Å²) in [6.45, 7) is 14.3. The SMILES string of the molecule is CC1CCN(c2ccc(CNC(C)(C)C)cc2Cl)CC1C. The van der Waals surface area contributed by atoms with Gasteiger partial charge >= 0.3 is 0 Å². The number of nitrogens with zero attached hydrogens (tertiary/aromatic N) is 1. The predicted molar refractivity (Wildman–Crippen MR) is 93.2 cm³/mol. The second-order valence-corrected chi connectivity index (χ2v) is 7.99. The second-order valence-electron chi connectivity index (χ2n) is 7.58. The van der Waals surface area contributed by atoms with E-state index in [0.717, 1.165) is 36.5 Å². The first-order valence-corrected chi connectivity index (χ1v) is 8.42. The Balaban J connectivity index is 2.05. The van der Waals surface area contributed by atoms with Crippen LogP contribution in [0.3, 0.4) is 0 Å². The summed E-state index contributed by atoms with van der Waals surface area (Å²) in [6, 6.07) is 6.49. The maximum absolute atomic E-state index is 6.53.